The highest BCUT2D eigenvalue weighted by Gasteiger charge is 2.12. The van der Waals surface area contributed by atoms with Crippen LogP contribution in [-0.2, 0) is 0 Å². The van der Waals surface area contributed by atoms with Gasteiger partial charge in [-0.3, -0.25) is 0 Å². The molecule has 1 aliphatic rings. The van der Waals surface area contributed by atoms with Crippen LogP contribution in [0.1, 0.15) is 36.0 Å². The predicted octanol–water partition coefficient (Wildman–Crippen LogP) is 6.23. The van der Waals surface area contributed by atoms with Crippen molar-refractivity contribution in [1.82, 2.24) is 20.1 Å². The molecule has 6 nitrogen and oxygen atoms in total. The van der Waals surface area contributed by atoms with Crippen LogP contribution >= 0.6 is 0 Å². The summed E-state index contributed by atoms with van der Waals surface area (Å²) in [4.78, 5) is 7.26. The molecule has 1 N–H and O–H groups in total. The van der Waals surface area contributed by atoms with Crippen LogP contribution in [0.4, 0.5) is 11.6 Å². The van der Waals surface area contributed by atoms with Gasteiger partial charge in [0, 0.05) is 12.2 Å². The van der Waals surface area contributed by atoms with Crippen molar-refractivity contribution in [2.75, 3.05) is 31.6 Å². The summed E-state index contributed by atoms with van der Waals surface area (Å²) in [5, 5.41) is 12.1. The molecular formula is C29H33N5O. The SMILES string of the molecule is Cc1cccc(C)c1-c1cc(C)c2nc(Nc3ccc(OCCCN4CCCC4)cc3)nnc2c1. The maximum atomic E-state index is 5.91. The maximum absolute atomic E-state index is 5.91. The predicted molar refractivity (Wildman–Crippen MR) is 142 cm³/mol. The van der Waals surface area contributed by atoms with Crippen molar-refractivity contribution in [2.45, 2.75) is 40.0 Å². The maximum Gasteiger partial charge on any atom is 0.247 e. The van der Waals surface area contributed by atoms with Crippen molar-refractivity contribution in [2.24, 2.45) is 0 Å². The first-order chi connectivity index (χ1) is 17.1. The number of hydrogen-bond donors (Lipinski definition) is 1. The number of aromatic nitrogens is 3. The van der Waals surface area contributed by atoms with Gasteiger partial charge in [0.25, 0.3) is 0 Å². The summed E-state index contributed by atoms with van der Waals surface area (Å²) in [6.45, 7) is 10.7. The molecule has 0 aliphatic carbocycles. The number of aryl methyl sites for hydroxylation is 3. The van der Waals surface area contributed by atoms with Crippen molar-refractivity contribution < 1.29 is 4.74 Å². The van der Waals surface area contributed by atoms with Gasteiger partial charge in [0.1, 0.15) is 11.3 Å². The number of rotatable bonds is 8. The molecule has 0 amide bonds. The van der Waals surface area contributed by atoms with Crippen LogP contribution < -0.4 is 10.1 Å². The molecule has 6 heteroatoms. The Hall–Kier alpha value is -3.51. The molecule has 2 heterocycles. The molecule has 0 bridgehead atoms. The van der Waals surface area contributed by atoms with E-state index in [-0.39, 0.29) is 0 Å². The molecular weight excluding hydrogens is 434 g/mol. The van der Waals surface area contributed by atoms with Crippen LogP contribution in [0.5, 0.6) is 5.75 Å². The van der Waals surface area contributed by atoms with Crippen LogP contribution in [-0.4, -0.2) is 46.3 Å². The molecule has 1 saturated heterocycles. The van der Waals surface area contributed by atoms with E-state index in [1.54, 1.807) is 0 Å². The summed E-state index contributed by atoms with van der Waals surface area (Å²) in [5.41, 5.74) is 8.54. The smallest absolute Gasteiger partial charge is 0.247 e. The minimum Gasteiger partial charge on any atom is -0.494 e. The van der Waals surface area contributed by atoms with E-state index in [4.69, 9.17) is 9.72 Å². The second kappa shape index (κ2) is 10.4. The summed E-state index contributed by atoms with van der Waals surface area (Å²) in [7, 11) is 0. The summed E-state index contributed by atoms with van der Waals surface area (Å²) in [6, 6.07) is 18.6. The first-order valence-corrected chi connectivity index (χ1v) is 12.5. The van der Waals surface area contributed by atoms with Gasteiger partial charge in [-0.1, -0.05) is 18.2 Å². The lowest BCUT2D eigenvalue weighted by atomic mass is 9.94. The number of benzene rings is 3. The molecule has 1 aliphatic heterocycles. The van der Waals surface area contributed by atoms with E-state index < -0.39 is 0 Å². The van der Waals surface area contributed by atoms with Crippen molar-refractivity contribution in [3.8, 4) is 16.9 Å². The van der Waals surface area contributed by atoms with Crippen molar-refractivity contribution in [1.29, 1.82) is 0 Å². The third kappa shape index (κ3) is 5.43. The minimum atomic E-state index is 0.486. The molecule has 0 saturated carbocycles. The summed E-state index contributed by atoms with van der Waals surface area (Å²) in [6.07, 6.45) is 3.72. The first kappa shape index (κ1) is 23.2. The number of hydrogen-bond acceptors (Lipinski definition) is 6. The zero-order valence-corrected chi connectivity index (χ0v) is 20.8. The number of ether oxygens (including phenoxy) is 1. The average Bonchev–Trinajstić information content (AvgIpc) is 3.37. The van der Waals surface area contributed by atoms with Gasteiger partial charge in [0.15, 0.2) is 0 Å². The molecule has 4 aromatic rings. The molecule has 0 unspecified atom stereocenters. The molecule has 0 radical (unpaired) electrons. The molecule has 3 aromatic carbocycles. The summed E-state index contributed by atoms with van der Waals surface area (Å²) < 4.78 is 5.91. The normalized spacial score (nSPS) is 13.9. The van der Waals surface area contributed by atoms with Crippen LogP contribution in [0.2, 0.25) is 0 Å². The topological polar surface area (TPSA) is 63.2 Å². The van der Waals surface area contributed by atoms with E-state index >= 15 is 0 Å². The molecule has 180 valence electrons. The van der Waals surface area contributed by atoms with E-state index in [0.29, 0.717) is 5.95 Å². The molecule has 35 heavy (non-hydrogen) atoms. The van der Waals surface area contributed by atoms with Crippen molar-refractivity contribution in [3.63, 3.8) is 0 Å². The van der Waals surface area contributed by atoms with Gasteiger partial charge in [0.2, 0.25) is 5.95 Å². The average molecular weight is 468 g/mol. The summed E-state index contributed by atoms with van der Waals surface area (Å²) >= 11 is 0. The Morgan fingerprint density at radius 1 is 0.886 bits per heavy atom. The summed E-state index contributed by atoms with van der Waals surface area (Å²) in [5.74, 6) is 1.36. The molecule has 5 rings (SSSR count). The van der Waals surface area contributed by atoms with Gasteiger partial charge < -0.3 is 15.0 Å². The molecule has 0 atom stereocenters. The zero-order chi connectivity index (χ0) is 24.2. The number of nitrogens with one attached hydrogen (secondary N) is 1. The minimum absolute atomic E-state index is 0.486. The van der Waals surface area contributed by atoms with Gasteiger partial charge in [-0.15, -0.1) is 10.2 Å². The number of anilines is 2. The monoisotopic (exact) mass is 467 g/mol. The van der Waals surface area contributed by atoms with E-state index in [1.807, 2.05) is 24.3 Å². The number of fused-ring (bicyclic) bond motifs is 1. The van der Waals surface area contributed by atoms with Gasteiger partial charge in [-0.25, -0.2) is 4.98 Å². The number of nitrogens with zero attached hydrogens (tertiary/aromatic N) is 4. The second-order valence-corrected chi connectivity index (χ2v) is 9.46. The van der Waals surface area contributed by atoms with Crippen molar-refractivity contribution in [3.05, 3.63) is 71.3 Å². The fourth-order valence-electron chi connectivity index (χ4n) is 4.93. The lowest BCUT2D eigenvalue weighted by Gasteiger charge is -2.14. The Morgan fingerprint density at radius 2 is 1.63 bits per heavy atom. The number of likely N-dealkylation sites (tertiary alicyclic amines) is 1. The largest absolute Gasteiger partial charge is 0.494 e. The van der Waals surface area contributed by atoms with Gasteiger partial charge in [-0.2, -0.15) is 0 Å². The molecule has 1 fully saturated rings. The Balaban J connectivity index is 1.25. The fourth-order valence-corrected chi connectivity index (χ4v) is 4.93. The van der Waals surface area contributed by atoms with Gasteiger partial charge >= 0.3 is 0 Å². The highest BCUT2D eigenvalue weighted by Crippen LogP contribution is 2.31. The van der Waals surface area contributed by atoms with E-state index in [2.05, 4.69) is 71.5 Å². The second-order valence-electron chi connectivity index (χ2n) is 9.46. The highest BCUT2D eigenvalue weighted by molar-refractivity contribution is 5.86. The fraction of sp³-hybridized carbons (Fsp3) is 0.345. The molecule has 0 spiro atoms. The lowest BCUT2D eigenvalue weighted by molar-refractivity contribution is 0.263. The van der Waals surface area contributed by atoms with E-state index in [9.17, 15) is 0 Å². The van der Waals surface area contributed by atoms with Crippen LogP contribution in [0, 0.1) is 20.8 Å². The van der Waals surface area contributed by atoms with E-state index in [1.165, 1.54) is 42.6 Å². The quantitative estimate of drug-likeness (QED) is 0.310. The molecule has 1 aromatic heterocycles. The first-order valence-electron chi connectivity index (χ1n) is 12.5. The van der Waals surface area contributed by atoms with E-state index in [0.717, 1.165) is 53.2 Å². The Labute approximate surface area is 207 Å². The Bertz CT molecular complexity index is 1290. The van der Waals surface area contributed by atoms with Crippen LogP contribution in [0.15, 0.2) is 54.6 Å². The van der Waals surface area contributed by atoms with Crippen LogP contribution in [0.25, 0.3) is 22.2 Å². The Kier molecular flexibility index (Phi) is 6.91. The third-order valence-corrected chi connectivity index (χ3v) is 6.72. The Morgan fingerprint density at radius 3 is 2.37 bits per heavy atom. The lowest BCUT2D eigenvalue weighted by Crippen LogP contribution is -2.21. The van der Waals surface area contributed by atoms with Crippen molar-refractivity contribution >= 4 is 22.7 Å². The third-order valence-electron chi connectivity index (χ3n) is 6.72. The van der Waals surface area contributed by atoms with Gasteiger partial charge in [-0.05, 0) is 117 Å². The van der Waals surface area contributed by atoms with Crippen LogP contribution in [0.3, 0.4) is 0 Å². The zero-order valence-electron chi connectivity index (χ0n) is 20.8. The van der Waals surface area contributed by atoms with Gasteiger partial charge in [0.05, 0.1) is 12.1 Å². The standard InChI is InChI=1S/C29H33N5O/c1-20-8-6-9-21(2)27(20)23-18-22(3)28-26(19-23)32-33-29(31-28)30-24-10-12-25(13-11-24)35-17-7-16-34-14-4-5-15-34/h6,8-13,18-19H,4-5,7,14-17H2,1-3H3,(H,30,31,33). The highest BCUT2D eigenvalue weighted by atomic mass is 16.5.